The first-order valence-electron chi connectivity index (χ1n) is 6.47. The molecule has 104 valence electrons. The fraction of sp³-hybridized carbons (Fsp3) is 0.500. The van der Waals surface area contributed by atoms with Crippen LogP contribution in [0.4, 0.5) is 14.5 Å². The van der Waals surface area contributed by atoms with E-state index in [1.165, 1.54) is 6.07 Å². The van der Waals surface area contributed by atoms with Crippen LogP contribution in [0.2, 0.25) is 0 Å². The first-order chi connectivity index (χ1) is 9.04. The number of halogens is 2. The van der Waals surface area contributed by atoms with Crippen molar-refractivity contribution in [3.05, 3.63) is 29.6 Å². The lowest BCUT2D eigenvalue weighted by molar-refractivity contribution is -0.117. The van der Waals surface area contributed by atoms with E-state index in [4.69, 9.17) is 0 Å². The summed E-state index contributed by atoms with van der Waals surface area (Å²) in [6.07, 6.45) is 0.212. The Morgan fingerprint density at radius 3 is 2.74 bits per heavy atom. The van der Waals surface area contributed by atoms with E-state index in [1.807, 2.05) is 4.90 Å². The molecule has 3 nitrogen and oxygen atoms in total. The van der Waals surface area contributed by atoms with E-state index in [1.54, 1.807) is 19.1 Å². The highest BCUT2D eigenvalue weighted by Gasteiger charge is 2.20. The maximum atomic E-state index is 13.3. The lowest BCUT2D eigenvalue weighted by atomic mass is 10.1. The van der Waals surface area contributed by atoms with E-state index >= 15 is 0 Å². The Labute approximate surface area is 111 Å². The van der Waals surface area contributed by atoms with Gasteiger partial charge in [-0.3, -0.25) is 9.69 Å². The van der Waals surface area contributed by atoms with Crippen LogP contribution in [0.3, 0.4) is 0 Å². The molecule has 1 saturated heterocycles. The molecule has 0 unspecified atom stereocenters. The highest BCUT2D eigenvalue weighted by Crippen LogP contribution is 2.15. The van der Waals surface area contributed by atoms with Crippen molar-refractivity contribution in [3.63, 3.8) is 0 Å². The minimum atomic E-state index is -0.745. The van der Waals surface area contributed by atoms with Crippen LogP contribution in [-0.2, 0) is 4.79 Å². The third-order valence-electron chi connectivity index (χ3n) is 3.34. The van der Waals surface area contributed by atoms with Crippen molar-refractivity contribution in [2.45, 2.75) is 25.9 Å². The molecule has 1 aromatic carbocycles. The van der Waals surface area contributed by atoms with Gasteiger partial charge in [0.1, 0.15) is 12.0 Å². The topological polar surface area (TPSA) is 32.3 Å². The zero-order chi connectivity index (χ0) is 13.8. The smallest absolute Gasteiger partial charge is 0.238 e. The number of likely N-dealkylation sites (tertiary alicyclic amines) is 1. The minimum Gasteiger partial charge on any atom is -0.325 e. The summed E-state index contributed by atoms with van der Waals surface area (Å²) in [5.41, 5.74) is 0.997. The Balaban J connectivity index is 1.85. The maximum Gasteiger partial charge on any atom is 0.238 e. The number of benzene rings is 1. The van der Waals surface area contributed by atoms with Crippen LogP contribution in [0.15, 0.2) is 18.2 Å². The molecule has 1 N–H and O–H groups in total. The number of carbonyl (C=O) groups is 1. The molecule has 1 aliphatic rings. The van der Waals surface area contributed by atoms with Gasteiger partial charge in [0.2, 0.25) is 5.91 Å². The van der Waals surface area contributed by atoms with E-state index in [0.29, 0.717) is 37.2 Å². The fourth-order valence-electron chi connectivity index (χ4n) is 2.13. The predicted octanol–water partition coefficient (Wildman–Crippen LogP) is 2.51. The molecule has 1 heterocycles. The summed E-state index contributed by atoms with van der Waals surface area (Å²) in [7, 11) is 0. The molecule has 1 aliphatic heterocycles. The normalized spacial score (nSPS) is 17.4. The number of piperidine rings is 1. The minimum absolute atomic E-state index is 0.194. The Hall–Kier alpha value is -1.49. The number of anilines is 1. The van der Waals surface area contributed by atoms with E-state index in [0.717, 1.165) is 0 Å². The molecule has 0 radical (unpaired) electrons. The Morgan fingerprint density at radius 2 is 2.11 bits per heavy atom. The molecule has 19 heavy (non-hydrogen) atoms. The molecule has 0 atom stereocenters. The standard InChI is InChI=1S/C14H18F2N2O/c1-10-2-3-12(8-13(10)16)17-14(19)9-18-6-4-11(15)5-7-18/h2-3,8,11H,4-7,9H2,1H3,(H,17,19). The lowest BCUT2D eigenvalue weighted by Gasteiger charge is -2.27. The SMILES string of the molecule is Cc1ccc(NC(=O)CN2CCC(F)CC2)cc1F. The number of hydrogen-bond acceptors (Lipinski definition) is 2. The molecular formula is C14H18F2N2O. The van der Waals surface area contributed by atoms with Crippen molar-refractivity contribution >= 4 is 11.6 Å². The van der Waals surface area contributed by atoms with Crippen LogP contribution in [0, 0.1) is 12.7 Å². The number of rotatable bonds is 3. The van der Waals surface area contributed by atoms with E-state index < -0.39 is 6.17 Å². The van der Waals surface area contributed by atoms with Gasteiger partial charge in [0.05, 0.1) is 6.54 Å². The summed E-state index contributed by atoms with van der Waals surface area (Å²) >= 11 is 0. The van der Waals surface area contributed by atoms with E-state index in [2.05, 4.69) is 5.32 Å². The number of carbonyl (C=O) groups excluding carboxylic acids is 1. The third kappa shape index (κ3) is 3.99. The monoisotopic (exact) mass is 268 g/mol. The van der Waals surface area contributed by atoms with Gasteiger partial charge in [-0.2, -0.15) is 0 Å². The number of alkyl halides is 1. The van der Waals surface area contributed by atoms with Crippen molar-refractivity contribution in [1.29, 1.82) is 0 Å². The molecule has 0 aliphatic carbocycles. The highest BCUT2D eigenvalue weighted by molar-refractivity contribution is 5.92. The van der Waals surface area contributed by atoms with E-state index in [-0.39, 0.29) is 18.3 Å². The maximum absolute atomic E-state index is 13.3. The van der Waals surface area contributed by atoms with Crippen LogP contribution >= 0.6 is 0 Å². The first-order valence-corrected chi connectivity index (χ1v) is 6.47. The summed E-state index contributed by atoms with van der Waals surface area (Å²) in [4.78, 5) is 13.7. The molecular weight excluding hydrogens is 250 g/mol. The number of hydrogen-bond donors (Lipinski definition) is 1. The van der Waals surface area contributed by atoms with Gasteiger partial charge in [-0.15, -0.1) is 0 Å². The molecule has 0 aromatic heterocycles. The number of aryl methyl sites for hydroxylation is 1. The van der Waals surface area contributed by atoms with Crippen molar-refractivity contribution in [2.75, 3.05) is 25.0 Å². The molecule has 1 amide bonds. The molecule has 0 spiro atoms. The number of nitrogens with one attached hydrogen (secondary N) is 1. The van der Waals surface area contributed by atoms with Crippen LogP contribution in [0.25, 0.3) is 0 Å². The predicted molar refractivity (Wildman–Crippen MR) is 70.3 cm³/mol. The second-order valence-electron chi connectivity index (χ2n) is 4.96. The van der Waals surface area contributed by atoms with E-state index in [9.17, 15) is 13.6 Å². The van der Waals surface area contributed by atoms with Crippen LogP contribution in [0.5, 0.6) is 0 Å². The Bertz CT molecular complexity index is 457. The molecule has 0 saturated carbocycles. The first kappa shape index (κ1) is 13.9. The summed E-state index contributed by atoms with van der Waals surface area (Å²) < 4.78 is 26.3. The van der Waals surface area contributed by atoms with Crippen molar-refractivity contribution in [3.8, 4) is 0 Å². The van der Waals surface area contributed by atoms with Gasteiger partial charge in [0.15, 0.2) is 0 Å². The van der Waals surface area contributed by atoms with Crippen molar-refractivity contribution in [1.82, 2.24) is 4.90 Å². The molecule has 1 aromatic rings. The van der Waals surface area contributed by atoms with Gasteiger partial charge in [0.25, 0.3) is 0 Å². The van der Waals surface area contributed by atoms with Gasteiger partial charge in [0, 0.05) is 18.8 Å². The zero-order valence-corrected chi connectivity index (χ0v) is 11.0. The molecule has 1 fully saturated rings. The highest BCUT2D eigenvalue weighted by atomic mass is 19.1. The Kier molecular flexibility index (Phi) is 4.47. The quantitative estimate of drug-likeness (QED) is 0.913. The molecule has 5 heteroatoms. The van der Waals surface area contributed by atoms with Gasteiger partial charge in [-0.1, -0.05) is 6.07 Å². The van der Waals surface area contributed by atoms with Gasteiger partial charge >= 0.3 is 0 Å². The summed E-state index contributed by atoms with van der Waals surface area (Å²) in [5, 5.41) is 2.65. The van der Waals surface area contributed by atoms with Crippen LogP contribution in [0.1, 0.15) is 18.4 Å². The van der Waals surface area contributed by atoms with Gasteiger partial charge in [-0.05, 0) is 37.5 Å². The summed E-state index contributed by atoms with van der Waals surface area (Å²) in [5.74, 6) is -0.531. The number of amides is 1. The third-order valence-corrected chi connectivity index (χ3v) is 3.34. The van der Waals surface area contributed by atoms with Crippen molar-refractivity contribution in [2.24, 2.45) is 0 Å². The summed E-state index contributed by atoms with van der Waals surface area (Å²) in [6, 6.07) is 4.60. The second-order valence-corrected chi connectivity index (χ2v) is 4.96. The largest absolute Gasteiger partial charge is 0.325 e. The average molecular weight is 268 g/mol. The zero-order valence-electron chi connectivity index (χ0n) is 11.0. The molecule has 2 rings (SSSR count). The van der Waals surface area contributed by atoms with Crippen molar-refractivity contribution < 1.29 is 13.6 Å². The number of nitrogens with zero attached hydrogens (tertiary/aromatic N) is 1. The van der Waals surface area contributed by atoms with Crippen LogP contribution < -0.4 is 5.32 Å². The van der Waals surface area contributed by atoms with Gasteiger partial charge < -0.3 is 5.32 Å². The Morgan fingerprint density at radius 1 is 1.42 bits per heavy atom. The average Bonchev–Trinajstić information content (AvgIpc) is 2.37. The summed E-state index contributed by atoms with van der Waals surface area (Å²) in [6.45, 7) is 3.08. The molecule has 0 bridgehead atoms. The van der Waals surface area contributed by atoms with Crippen LogP contribution in [-0.4, -0.2) is 36.6 Å². The lowest BCUT2D eigenvalue weighted by Crippen LogP contribution is -2.39. The second kappa shape index (κ2) is 6.10. The fourth-order valence-corrected chi connectivity index (χ4v) is 2.13. The van der Waals surface area contributed by atoms with Gasteiger partial charge in [-0.25, -0.2) is 8.78 Å².